The second-order valence-electron chi connectivity index (χ2n) is 7.40. The lowest BCUT2D eigenvalue weighted by Crippen LogP contribution is -2.55. The first-order valence-electron chi connectivity index (χ1n) is 10.0. The molecule has 3 aromatic rings. The van der Waals surface area contributed by atoms with E-state index in [2.05, 4.69) is 5.32 Å². The fourth-order valence-electron chi connectivity index (χ4n) is 3.85. The number of hydrogen-bond donors (Lipinski definition) is 1. The molecule has 6 heteroatoms. The van der Waals surface area contributed by atoms with Crippen molar-refractivity contribution in [1.29, 1.82) is 0 Å². The van der Waals surface area contributed by atoms with Gasteiger partial charge in [0.1, 0.15) is 23.6 Å². The van der Waals surface area contributed by atoms with Gasteiger partial charge in [0, 0.05) is 11.3 Å². The third-order valence-electron chi connectivity index (χ3n) is 5.47. The molecule has 2 atom stereocenters. The zero-order valence-corrected chi connectivity index (χ0v) is 17.7. The summed E-state index contributed by atoms with van der Waals surface area (Å²) in [7, 11) is 3.13. The summed E-state index contributed by atoms with van der Waals surface area (Å²) >= 11 is 0. The predicted octanol–water partition coefficient (Wildman–Crippen LogP) is 3.96. The summed E-state index contributed by atoms with van der Waals surface area (Å²) in [6, 6.07) is 20.3. The highest BCUT2D eigenvalue weighted by Crippen LogP contribution is 2.37. The van der Waals surface area contributed by atoms with Crippen LogP contribution in [0, 0.1) is 6.92 Å². The SMILES string of the molecule is COc1ccc([C@@H]2C(=O)N[C@H](c3ccccc3OC)C(=O)N2c2ccc(C)cc2)cc1. The Balaban J connectivity index is 1.81. The molecule has 4 rings (SSSR count). The number of hydrogen-bond acceptors (Lipinski definition) is 4. The summed E-state index contributed by atoms with van der Waals surface area (Å²) in [5.41, 5.74) is 3.05. The molecule has 0 radical (unpaired) electrons. The summed E-state index contributed by atoms with van der Waals surface area (Å²) in [5, 5.41) is 2.90. The quantitative estimate of drug-likeness (QED) is 0.684. The monoisotopic (exact) mass is 416 g/mol. The highest BCUT2D eigenvalue weighted by atomic mass is 16.5. The highest BCUT2D eigenvalue weighted by Gasteiger charge is 2.43. The van der Waals surface area contributed by atoms with Gasteiger partial charge < -0.3 is 14.8 Å². The van der Waals surface area contributed by atoms with Gasteiger partial charge in [0.15, 0.2) is 0 Å². The van der Waals surface area contributed by atoms with Gasteiger partial charge >= 0.3 is 0 Å². The van der Waals surface area contributed by atoms with Gasteiger partial charge in [0.05, 0.1) is 14.2 Å². The van der Waals surface area contributed by atoms with Crippen molar-refractivity contribution in [2.24, 2.45) is 0 Å². The predicted molar refractivity (Wildman–Crippen MR) is 118 cm³/mol. The molecular weight excluding hydrogens is 392 g/mol. The number of piperazine rings is 1. The van der Waals surface area contributed by atoms with Gasteiger partial charge in [-0.1, -0.05) is 48.0 Å². The van der Waals surface area contributed by atoms with Gasteiger partial charge in [0.2, 0.25) is 5.91 Å². The fraction of sp³-hybridized carbons (Fsp3) is 0.200. The molecule has 31 heavy (non-hydrogen) atoms. The Bertz CT molecular complexity index is 1090. The number of rotatable bonds is 5. The number of aryl methyl sites for hydroxylation is 1. The van der Waals surface area contributed by atoms with Crippen molar-refractivity contribution in [2.45, 2.75) is 19.0 Å². The number of ether oxygens (including phenoxy) is 2. The Hall–Kier alpha value is -3.80. The Morgan fingerprint density at radius 2 is 1.52 bits per heavy atom. The molecule has 6 nitrogen and oxygen atoms in total. The molecule has 0 spiro atoms. The topological polar surface area (TPSA) is 67.9 Å². The standard InChI is InChI=1S/C25H24N2O4/c1-16-8-12-18(13-9-16)27-23(17-10-14-19(30-2)15-11-17)24(28)26-22(25(27)29)20-6-4-5-7-21(20)31-3/h4-15,22-23H,1-3H3,(H,26,28)/t22-,23-/m1/s1. The van der Waals surface area contributed by atoms with Crippen molar-refractivity contribution >= 4 is 17.5 Å². The lowest BCUT2D eigenvalue weighted by atomic mass is 9.94. The van der Waals surface area contributed by atoms with Crippen molar-refractivity contribution in [1.82, 2.24) is 5.32 Å². The summed E-state index contributed by atoms with van der Waals surface area (Å²) in [6.07, 6.45) is 0. The number of carbonyl (C=O) groups excluding carboxylic acids is 2. The van der Waals surface area contributed by atoms with Crippen LogP contribution in [-0.4, -0.2) is 26.0 Å². The van der Waals surface area contributed by atoms with E-state index in [1.54, 1.807) is 55.5 Å². The van der Waals surface area contributed by atoms with Crippen LogP contribution in [0.15, 0.2) is 72.8 Å². The van der Waals surface area contributed by atoms with Crippen molar-refractivity contribution in [3.05, 3.63) is 89.5 Å². The largest absolute Gasteiger partial charge is 0.497 e. The van der Waals surface area contributed by atoms with E-state index in [-0.39, 0.29) is 11.8 Å². The molecule has 1 aliphatic rings. The molecule has 1 saturated heterocycles. The number of carbonyl (C=O) groups is 2. The van der Waals surface area contributed by atoms with E-state index in [1.165, 1.54) is 0 Å². The van der Waals surface area contributed by atoms with Crippen LogP contribution in [0.25, 0.3) is 0 Å². The van der Waals surface area contributed by atoms with E-state index >= 15 is 0 Å². The Morgan fingerprint density at radius 3 is 2.16 bits per heavy atom. The minimum Gasteiger partial charge on any atom is -0.497 e. The van der Waals surface area contributed by atoms with E-state index in [0.717, 1.165) is 5.56 Å². The van der Waals surface area contributed by atoms with Crippen LogP contribution < -0.4 is 19.7 Å². The van der Waals surface area contributed by atoms with Gasteiger partial charge in [-0.05, 0) is 42.8 Å². The lowest BCUT2D eigenvalue weighted by Gasteiger charge is -2.39. The average Bonchev–Trinajstić information content (AvgIpc) is 2.81. The Morgan fingerprint density at radius 1 is 0.839 bits per heavy atom. The van der Waals surface area contributed by atoms with Crippen LogP contribution in [0.4, 0.5) is 5.69 Å². The summed E-state index contributed by atoms with van der Waals surface area (Å²) < 4.78 is 10.7. The van der Waals surface area contributed by atoms with E-state index in [1.807, 2.05) is 43.3 Å². The summed E-state index contributed by atoms with van der Waals surface area (Å²) in [6.45, 7) is 1.98. The van der Waals surface area contributed by atoms with E-state index in [4.69, 9.17) is 9.47 Å². The first-order chi connectivity index (χ1) is 15.0. The molecule has 1 heterocycles. The normalized spacial score (nSPS) is 18.5. The molecule has 0 bridgehead atoms. The second-order valence-corrected chi connectivity index (χ2v) is 7.40. The van der Waals surface area contributed by atoms with Crippen molar-refractivity contribution < 1.29 is 19.1 Å². The van der Waals surface area contributed by atoms with Crippen LogP contribution in [-0.2, 0) is 9.59 Å². The van der Waals surface area contributed by atoms with Crippen molar-refractivity contribution in [2.75, 3.05) is 19.1 Å². The molecule has 0 unspecified atom stereocenters. The van der Waals surface area contributed by atoms with E-state index < -0.39 is 12.1 Å². The van der Waals surface area contributed by atoms with Crippen LogP contribution in [0.1, 0.15) is 28.8 Å². The molecule has 0 aliphatic carbocycles. The molecule has 0 aromatic heterocycles. The molecule has 1 N–H and O–H groups in total. The molecule has 0 saturated carbocycles. The third kappa shape index (κ3) is 3.84. The highest BCUT2D eigenvalue weighted by molar-refractivity contribution is 6.09. The Labute approximate surface area is 181 Å². The maximum atomic E-state index is 13.8. The maximum absolute atomic E-state index is 13.8. The van der Waals surface area contributed by atoms with Crippen LogP contribution in [0.2, 0.25) is 0 Å². The Kier molecular flexibility index (Phi) is 5.62. The van der Waals surface area contributed by atoms with E-state index in [0.29, 0.717) is 28.3 Å². The van der Waals surface area contributed by atoms with Crippen LogP contribution in [0.3, 0.4) is 0 Å². The number of nitrogens with one attached hydrogen (secondary N) is 1. The maximum Gasteiger partial charge on any atom is 0.255 e. The van der Waals surface area contributed by atoms with Gasteiger partial charge in [-0.15, -0.1) is 0 Å². The first kappa shape index (κ1) is 20.5. The molecular formula is C25H24N2O4. The third-order valence-corrected chi connectivity index (χ3v) is 5.47. The number of para-hydroxylation sites is 1. The summed E-state index contributed by atoms with van der Waals surface area (Å²) in [4.78, 5) is 28.7. The molecule has 1 fully saturated rings. The second kappa shape index (κ2) is 8.52. The number of methoxy groups -OCH3 is 2. The van der Waals surface area contributed by atoms with Gasteiger partial charge in [-0.2, -0.15) is 0 Å². The van der Waals surface area contributed by atoms with Crippen LogP contribution >= 0.6 is 0 Å². The van der Waals surface area contributed by atoms with Gasteiger partial charge in [-0.3, -0.25) is 14.5 Å². The lowest BCUT2D eigenvalue weighted by molar-refractivity contribution is -0.134. The molecule has 1 aliphatic heterocycles. The minimum absolute atomic E-state index is 0.228. The van der Waals surface area contributed by atoms with Crippen LogP contribution in [0.5, 0.6) is 11.5 Å². The van der Waals surface area contributed by atoms with Gasteiger partial charge in [-0.25, -0.2) is 0 Å². The zero-order chi connectivity index (χ0) is 22.0. The number of benzene rings is 3. The molecule has 158 valence electrons. The molecule has 3 aromatic carbocycles. The zero-order valence-electron chi connectivity index (χ0n) is 17.7. The van der Waals surface area contributed by atoms with Gasteiger partial charge in [0.25, 0.3) is 5.91 Å². The first-order valence-corrected chi connectivity index (χ1v) is 10.0. The van der Waals surface area contributed by atoms with Crippen molar-refractivity contribution in [3.63, 3.8) is 0 Å². The average molecular weight is 416 g/mol. The number of anilines is 1. The number of nitrogens with zero attached hydrogens (tertiary/aromatic N) is 1. The number of amides is 2. The van der Waals surface area contributed by atoms with E-state index in [9.17, 15) is 9.59 Å². The summed E-state index contributed by atoms with van der Waals surface area (Å²) in [5.74, 6) is 0.739. The fourth-order valence-corrected chi connectivity index (χ4v) is 3.85. The van der Waals surface area contributed by atoms with Crippen molar-refractivity contribution in [3.8, 4) is 11.5 Å². The smallest absolute Gasteiger partial charge is 0.255 e. The minimum atomic E-state index is -0.848. The molecule has 2 amide bonds.